The first-order valence-electron chi connectivity index (χ1n) is 10.5. The summed E-state index contributed by atoms with van der Waals surface area (Å²) in [5.74, 6) is -0.188. The van der Waals surface area contributed by atoms with Crippen LogP contribution in [0, 0.1) is 11.8 Å². The van der Waals surface area contributed by atoms with Gasteiger partial charge >= 0.3 is 5.97 Å². The summed E-state index contributed by atoms with van der Waals surface area (Å²) in [5.41, 5.74) is 3.08. The summed E-state index contributed by atoms with van der Waals surface area (Å²) in [5, 5.41) is 4.09. The van der Waals surface area contributed by atoms with Crippen molar-refractivity contribution >= 4 is 35.1 Å². The van der Waals surface area contributed by atoms with Crippen LogP contribution in [0.4, 0.5) is 0 Å². The fraction of sp³-hybridized carbons (Fsp3) is 0.417. The molecule has 2 saturated heterocycles. The lowest BCUT2D eigenvalue weighted by Gasteiger charge is -2.34. The minimum Gasteiger partial charge on any atom is -0.465 e. The van der Waals surface area contributed by atoms with Gasteiger partial charge < -0.3 is 14.8 Å². The van der Waals surface area contributed by atoms with E-state index in [0.717, 1.165) is 36.0 Å². The third-order valence-corrected chi connectivity index (χ3v) is 6.98. The van der Waals surface area contributed by atoms with Crippen molar-refractivity contribution in [1.29, 1.82) is 0 Å². The Bertz CT molecular complexity index is 947. The van der Waals surface area contributed by atoms with Crippen molar-refractivity contribution in [1.82, 2.24) is 5.32 Å². The van der Waals surface area contributed by atoms with Crippen LogP contribution >= 0.6 is 23.2 Å². The normalized spacial score (nSPS) is 20.4. The second kappa shape index (κ2) is 9.60. The van der Waals surface area contributed by atoms with E-state index >= 15 is 0 Å². The Kier molecular flexibility index (Phi) is 6.85. The highest BCUT2D eigenvalue weighted by Gasteiger charge is 2.40. The van der Waals surface area contributed by atoms with Crippen molar-refractivity contribution in [3.63, 3.8) is 0 Å². The van der Waals surface area contributed by atoms with Gasteiger partial charge in [-0.1, -0.05) is 35.3 Å². The molecule has 0 aliphatic carbocycles. The minimum atomic E-state index is -0.382. The molecule has 1 unspecified atom stereocenters. The van der Waals surface area contributed by atoms with E-state index < -0.39 is 0 Å². The van der Waals surface area contributed by atoms with E-state index in [4.69, 9.17) is 32.7 Å². The van der Waals surface area contributed by atoms with Crippen LogP contribution in [0.5, 0.6) is 0 Å². The molecule has 0 bridgehead atoms. The van der Waals surface area contributed by atoms with Gasteiger partial charge in [0.2, 0.25) is 5.91 Å². The van der Waals surface area contributed by atoms with Crippen molar-refractivity contribution in [3.05, 3.63) is 57.6 Å². The number of halogens is 2. The predicted octanol–water partition coefficient (Wildman–Crippen LogP) is 5.09. The monoisotopic (exact) mass is 461 g/mol. The summed E-state index contributed by atoms with van der Waals surface area (Å²) in [4.78, 5) is 24.3. The molecular weight excluding hydrogens is 437 g/mol. The maximum absolute atomic E-state index is 12.6. The van der Waals surface area contributed by atoms with Crippen LogP contribution in [0.15, 0.2) is 36.4 Å². The molecule has 2 atom stereocenters. The first kappa shape index (κ1) is 22.1. The number of methoxy groups -OCH3 is 1. The summed E-state index contributed by atoms with van der Waals surface area (Å²) in [6.45, 7) is 2.06. The highest BCUT2D eigenvalue weighted by Crippen LogP contribution is 2.47. The first-order valence-corrected chi connectivity index (χ1v) is 11.3. The Balaban J connectivity index is 1.70. The van der Waals surface area contributed by atoms with Crippen molar-refractivity contribution in [2.45, 2.75) is 25.2 Å². The van der Waals surface area contributed by atoms with Gasteiger partial charge in [0.05, 0.1) is 12.7 Å². The zero-order chi connectivity index (χ0) is 22.0. The van der Waals surface area contributed by atoms with Gasteiger partial charge in [-0.3, -0.25) is 4.79 Å². The number of hydrogen-bond donors (Lipinski definition) is 1. The van der Waals surface area contributed by atoms with E-state index in [2.05, 4.69) is 5.32 Å². The van der Waals surface area contributed by atoms with Crippen molar-refractivity contribution in [2.24, 2.45) is 11.8 Å². The van der Waals surface area contributed by atoms with E-state index in [1.54, 1.807) is 12.1 Å². The average Bonchev–Trinajstić information content (AvgIpc) is 3.21. The molecule has 2 fully saturated rings. The largest absolute Gasteiger partial charge is 0.465 e. The third-order valence-electron chi connectivity index (χ3n) is 6.35. The third kappa shape index (κ3) is 4.59. The molecule has 0 radical (unpaired) electrons. The quantitative estimate of drug-likeness (QED) is 0.629. The molecule has 2 aliphatic rings. The number of amides is 1. The van der Waals surface area contributed by atoms with Gasteiger partial charge in [0.25, 0.3) is 0 Å². The summed E-state index contributed by atoms with van der Waals surface area (Å²) in [6.07, 6.45) is 2.56. The SMILES string of the molecule is COC(=O)c1ccc(-c2cc(Cl)c(C(C3CCOCC3)[C@H]3CCNC3=O)c(Cl)c2)cc1. The van der Waals surface area contributed by atoms with Crippen molar-refractivity contribution in [3.8, 4) is 11.1 Å². The van der Waals surface area contributed by atoms with Crippen molar-refractivity contribution < 1.29 is 19.1 Å². The molecular formula is C24H25Cl2NO4. The van der Waals surface area contributed by atoms with Gasteiger partial charge in [-0.15, -0.1) is 0 Å². The lowest BCUT2D eigenvalue weighted by Crippen LogP contribution is -2.32. The van der Waals surface area contributed by atoms with E-state index in [-0.39, 0.29) is 23.7 Å². The Morgan fingerprint density at radius 1 is 1.06 bits per heavy atom. The van der Waals surface area contributed by atoms with Crippen LogP contribution in [0.3, 0.4) is 0 Å². The maximum atomic E-state index is 12.6. The number of nitrogens with one attached hydrogen (secondary N) is 1. The van der Waals surface area contributed by atoms with Gasteiger partial charge in [-0.2, -0.15) is 0 Å². The molecule has 5 nitrogen and oxygen atoms in total. The molecule has 1 N–H and O–H groups in total. The zero-order valence-electron chi connectivity index (χ0n) is 17.3. The standard InChI is InChI=1S/C24H25Cl2NO4/c1-30-24(29)16-4-2-14(3-5-16)17-12-19(25)22(20(26)13-17)21(15-7-10-31-11-8-15)18-6-9-27-23(18)28/h2-5,12-13,15,18,21H,6-11H2,1H3,(H,27,28)/t18-,21?/m1/s1. The second-order valence-corrected chi connectivity index (χ2v) is 8.90. The Morgan fingerprint density at radius 3 is 2.26 bits per heavy atom. The smallest absolute Gasteiger partial charge is 0.337 e. The molecule has 1 amide bonds. The molecule has 2 aromatic carbocycles. The number of esters is 1. The Hall–Kier alpha value is -2.08. The van der Waals surface area contributed by atoms with Crippen LogP contribution in [-0.2, 0) is 14.3 Å². The summed E-state index contributed by atoms with van der Waals surface area (Å²) in [7, 11) is 1.36. The van der Waals surface area contributed by atoms with Crippen LogP contribution in [0.25, 0.3) is 11.1 Å². The highest BCUT2D eigenvalue weighted by atomic mass is 35.5. The molecule has 2 aromatic rings. The molecule has 0 spiro atoms. The van der Waals surface area contributed by atoms with Crippen molar-refractivity contribution in [2.75, 3.05) is 26.9 Å². The van der Waals surface area contributed by atoms with Crippen LogP contribution in [0.1, 0.15) is 41.1 Å². The van der Waals surface area contributed by atoms with Gasteiger partial charge in [0, 0.05) is 41.6 Å². The maximum Gasteiger partial charge on any atom is 0.337 e. The Labute approximate surface area is 192 Å². The minimum absolute atomic E-state index is 0.0397. The number of carbonyl (C=O) groups excluding carboxylic acids is 2. The van der Waals surface area contributed by atoms with E-state index in [0.29, 0.717) is 41.3 Å². The number of carbonyl (C=O) groups is 2. The molecule has 0 aromatic heterocycles. The van der Waals surface area contributed by atoms with Gasteiger partial charge in [-0.25, -0.2) is 4.79 Å². The summed E-state index contributed by atoms with van der Waals surface area (Å²) < 4.78 is 10.3. The molecule has 7 heteroatoms. The fourth-order valence-electron chi connectivity index (χ4n) is 4.78. The number of ether oxygens (including phenoxy) is 2. The molecule has 2 aliphatic heterocycles. The summed E-state index contributed by atoms with van der Waals surface area (Å²) in [6, 6.07) is 10.9. The van der Waals surface area contributed by atoms with Gasteiger partial charge in [0.1, 0.15) is 0 Å². The first-order chi connectivity index (χ1) is 15.0. The molecule has 0 saturated carbocycles. The van der Waals surface area contributed by atoms with E-state index in [9.17, 15) is 9.59 Å². The lowest BCUT2D eigenvalue weighted by atomic mass is 9.72. The second-order valence-electron chi connectivity index (χ2n) is 8.08. The van der Waals surface area contributed by atoms with E-state index in [1.807, 2.05) is 24.3 Å². The van der Waals surface area contributed by atoms with Crippen LogP contribution in [0.2, 0.25) is 10.0 Å². The lowest BCUT2D eigenvalue weighted by molar-refractivity contribution is -0.123. The van der Waals surface area contributed by atoms with E-state index in [1.165, 1.54) is 7.11 Å². The number of rotatable bonds is 5. The van der Waals surface area contributed by atoms with Crippen LogP contribution < -0.4 is 5.32 Å². The Morgan fingerprint density at radius 2 is 1.71 bits per heavy atom. The predicted molar refractivity (Wildman–Crippen MR) is 121 cm³/mol. The number of benzene rings is 2. The zero-order valence-corrected chi connectivity index (χ0v) is 18.8. The fourth-order valence-corrected chi connectivity index (χ4v) is 5.52. The topological polar surface area (TPSA) is 64.6 Å². The molecule has 31 heavy (non-hydrogen) atoms. The average molecular weight is 462 g/mol. The van der Waals surface area contributed by atoms with Gasteiger partial charge in [0.15, 0.2) is 0 Å². The number of hydrogen-bond acceptors (Lipinski definition) is 4. The molecule has 164 valence electrons. The molecule has 4 rings (SSSR count). The van der Waals surface area contributed by atoms with Crippen LogP contribution in [-0.4, -0.2) is 38.7 Å². The highest BCUT2D eigenvalue weighted by molar-refractivity contribution is 6.36. The summed E-state index contributed by atoms with van der Waals surface area (Å²) >= 11 is 13.6. The van der Waals surface area contributed by atoms with Gasteiger partial charge in [-0.05, 0) is 66.1 Å². The molecule has 2 heterocycles.